The molecule has 0 aliphatic heterocycles. The predicted octanol–water partition coefficient (Wildman–Crippen LogP) is 3.82. The van der Waals surface area contributed by atoms with Gasteiger partial charge in [0.15, 0.2) is 0 Å². The molecule has 0 spiro atoms. The average Bonchev–Trinajstić information content (AvgIpc) is 2.90. The summed E-state index contributed by atoms with van der Waals surface area (Å²) < 4.78 is 40.7. The molecule has 0 bridgehead atoms. The zero-order valence-electron chi connectivity index (χ0n) is 14.7. The van der Waals surface area contributed by atoms with E-state index in [9.17, 15) is 18.0 Å². The Morgan fingerprint density at radius 2 is 1.88 bits per heavy atom. The fourth-order valence-corrected chi connectivity index (χ4v) is 2.51. The number of fused-ring (bicyclic) bond motifs is 1. The van der Waals surface area contributed by atoms with E-state index in [0.717, 1.165) is 11.1 Å². The summed E-state index contributed by atoms with van der Waals surface area (Å²) in [5.74, 6) is -1.28. The highest BCUT2D eigenvalue weighted by Gasteiger charge is 2.38. The second-order valence-electron chi connectivity index (χ2n) is 5.71. The van der Waals surface area contributed by atoms with Gasteiger partial charge in [-0.3, -0.25) is 4.79 Å². The van der Waals surface area contributed by atoms with Crippen LogP contribution in [0.25, 0.3) is 11.0 Å². The Bertz CT molecular complexity index is 732. The maximum atomic E-state index is 13.2. The third-order valence-corrected chi connectivity index (χ3v) is 3.56. The lowest BCUT2D eigenvalue weighted by molar-refractivity contribution is -0.147. The van der Waals surface area contributed by atoms with Gasteiger partial charge in [0.25, 0.3) is 5.91 Å². The molecule has 1 amide bonds. The minimum absolute atomic E-state index is 0. The highest BCUT2D eigenvalue weighted by Crippen LogP contribution is 2.33. The maximum Gasteiger partial charge on any atom is 0.449 e. The predicted molar refractivity (Wildman–Crippen MR) is 100 cm³/mol. The van der Waals surface area contributed by atoms with Gasteiger partial charge in [-0.2, -0.15) is 13.2 Å². The van der Waals surface area contributed by atoms with Gasteiger partial charge in [-0.05, 0) is 38.6 Å². The molecule has 148 valence electrons. The Balaban J connectivity index is 0.00000312. The van der Waals surface area contributed by atoms with Gasteiger partial charge in [-0.15, -0.1) is 24.8 Å². The van der Waals surface area contributed by atoms with E-state index in [0.29, 0.717) is 24.2 Å². The molecular weight excluding hydrogens is 392 g/mol. The fourth-order valence-electron chi connectivity index (χ4n) is 2.51. The van der Waals surface area contributed by atoms with Crippen LogP contribution in [0.1, 0.15) is 43.0 Å². The molecule has 0 unspecified atom stereocenters. The first kappa shape index (κ1) is 24.5. The average molecular weight is 415 g/mol. The number of hydrogen-bond donors (Lipinski definition) is 2. The smallest absolute Gasteiger partial charge is 0.351 e. The van der Waals surface area contributed by atoms with E-state index < -0.39 is 18.0 Å². The van der Waals surface area contributed by atoms with Crippen LogP contribution in [0.4, 0.5) is 13.2 Å². The highest BCUT2D eigenvalue weighted by molar-refractivity contribution is 5.97. The van der Waals surface area contributed by atoms with Crippen LogP contribution in [0.5, 0.6) is 0 Å². The number of likely N-dealkylation sites (N-methyl/N-ethyl adjacent to an activating group) is 1. The molecule has 10 heteroatoms. The molecule has 0 atom stereocenters. The number of nitrogens with one attached hydrogen (secondary N) is 2. The summed E-state index contributed by atoms with van der Waals surface area (Å²) in [5, 5.41) is 5.78. The van der Waals surface area contributed by atoms with E-state index in [-0.39, 0.29) is 36.2 Å². The van der Waals surface area contributed by atoms with E-state index in [2.05, 4.69) is 15.6 Å². The number of hydrogen-bond acceptors (Lipinski definition) is 3. The summed E-state index contributed by atoms with van der Waals surface area (Å²) in [6.07, 6.45) is -4.54. The van der Waals surface area contributed by atoms with Crippen LogP contribution in [0, 0.1) is 0 Å². The molecule has 0 aliphatic rings. The van der Waals surface area contributed by atoms with Crippen molar-refractivity contribution in [1.82, 2.24) is 20.2 Å². The van der Waals surface area contributed by atoms with Gasteiger partial charge in [0.1, 0.15) is 0 Å². The molecular formula is C16H23Cl2F3N4O. The first-order valence-electron chi connectivity index (χ1n) is 7.83. The Hall–Kier alpha value is -1.51. The van der Waals surface area contributed by atoms with E-state index in [1.54, 1.807) is 13.8 Å². The Morgan fingerprint density at radius 1 is 1.23 bits per heavy atom. The van der Waals surface area contributed by atoms with Gasteiger partial charge in [0.2, 0.25) is 5.82 Å². The summed E-state index contributed by atoms with van der Waals surface area (Å²) >= 11 is 0. The molecule has 2 aromatic rings. The number of benzene rings is 1. The van der Waals surface area contributed by atoms with Crippen molar-refractivity contribution in [2.45, 2.75) is 33.0 Å². The number of imidazole rings is 1. The fraction of sp³-hybridized carbons (Fsp3) is 0.500. The molecule has 0 saturated carbocycles. The largest absolute Gasteiger partial charge is 0.449 e. The lowest BCUT2D eigenvalue weighted by Gasteiger charge is -2.14. The van der Waals surface area contributed by atoms with Gasteiger partial charge < -0.3 is 15.2 Å². The van der Waals surface area contributed by atoms with Crippen LogP contribution in [-0.2, 0) is 6.18 Å². The van der Waals surface area contributed by atoms with Crippen LogP contribution >= 0.6 is 24.8 Å². The first-order chi connectivity index (χ1) is 11.3. The van der Waals surface area contributed by atoms with Crippen molar-refractivity contribution in [3.05, 3.63) is 29.6 Å². The van der Waals surface area contributed by atoms with Crippen molar-refractivity contribution in [3.63, 3.8) is 0 Å². The van der Waals surface area contributed by atoms with Crippen LogP contribution in [-0.4, -0.2) is 35.1 Å². The van der Waals surface area contributed by atoms with Gasteiger partial charge in [0.05, 0.1) is 11.0 Å². The van der Waals surface area contributed by atoms with Crippen LogP contribution < -0.4 is 10.6 Å². The third-order valence-electron chi connectivity index (χ3n) is 3.56. The number of carbonyl (C=O) groups is 1. The normalized spacial score (nSPS) is 11.2. The molecule has 0 saturated heterocycles. The van der Waals surface area contributed by atoms with E-state index in [1.165, 1.54) is 18.2 Å². The molecule has 2 rings (SSSR count). The Kier molecular flexibility index (Phi) is 9.41. The van der Waals surface area contributed by atoms with Crippen LogP contribution in [0.3, 0.4) is 0 Å². The number of rotatable bonds is 6. The van der Waals surface area contributed by atoms with Crippen molar-refractivity contribution < 1.29 is 18.0 Å². The SMILES string of the molecule is CCNCCNC(=O)c1ccc2c(c1)nc(C(F)(F)F)n2C(C)C.Cl.Cl. The molecule has 2 N–H and O–H groups in total. The third kappa shape index (κ3) is 5.49. The van der Waals surface area contributed by atoms with E-state index in [1.807, 2.05) is 6.92 Å². The zero-order valence-corrected chi connectivity index (χ0v) is 16.3. The molecule has 1 aromatic heterocycles. The molecule has 0 radical (unpaired) electrons. The minimum atomic E-state index is -4.54. The van der Waals surface area contributed by atoms with Crippen molar-refractivity contribution in [2.24, 2.45) is 0 Å². The van der Waals surface area contributed by atoms with Crippen molar-refractivity contribution in [2.75, 3.05) is 19.6 Å². The van der Waals surface area contributed by atoms with Gasteiger partial charge >= 0.3 is 6.18 Å². The summed E-state index contributed by atoms with van der Waals surface area (Å²) in [5.41, 5.74) is 0.818. The summed E-state index contributed by atoms with van der Waals surface area (Å²) in [6, 6.07) is 4.03. The zero-order chi connectivity index (χ0) is 17.9. The van der Waals surface area contributed by atoms with Crippen molar-refractivity contribution in [1.29, 1.82) is 0 Å². The molecule has 1 heterocycles. The molecule has 5 nitrogen and oxygen atoms in total. The molecule has 0 aliphatic carbocycles. The van der Waals surface area contributed by atoms with E-state index in [4.69, 9.17) is 0 Å². The lowest BCUT2D eigenvalue weighted by Crippen LogP contribution is -2.31. The Morgan fingerprint density at radius 3 is 2.42 bits per heavy atom. The van der Waals surface area contributed by atoms with E-state index >= 15 is 0 Å². The van der Waals surface area contributed by atoms with Gasteiger partial charge in [0, 0.05) is 24.7 Å². The first-order valence-corrected chi connectivity index (χ1v) is 7.83. The molecule has 0 fully saturated rings. The topological polar surface area (TPSA) is 58.9 Å². The number of aromatic nitrogens is 2. The second kappa shape index (κ2) is 9.99. The molecule has 26 heavy (non-hydrogen) atoms. The number of alkyl halides is 3. The number of halogens is 5. The highest BCUT2D eigenvalue weighted by atomic mass is 35.5. The quantitative estimate of drug-likeness (QED) is 0.706. The van der Waals surface area contributed by atoms with Gasteiger partial charge in [-0.1, -0.05) is 6.92 Å². The summed E-state index contributed by atoms with van der Waals surface area (Å²) in [7, 11) is 0. The summed E-state index contributed by atoms with van der Waals surface area (Å²) in [6.45, 7) is 7.16. The molecule has 1 aromatic carbocycles. The van der Waals surface area contributed by atoms with Crippen LogP contribution in [0.15, 0.2) is 18.2 Å². The number of nitrogens with zero attached hydrogens (tertiary/aromatic N) is 2. The van der Waals surface area contributed by atoms with Crippen molar-refractivity contribution >= 4 is 41.8 Å². The Labute approximate surface area is 162 Å². The second-order valence-corrected chi connectivity index (χ2v) is 5.71. The minimum Gasteiger partial charge on any atom is -0.351 e. The maximum absolute atomic E-state index is 13.2. The monoisotopic (exact) mass is 414 g/mol. The lowest BCUT2D eigenvalue weighted by atomic mass is 10.2. The van der Waals surface area contributed by atoms with Crippen LogP contribution in [0.2, 0.25) is 0 Å². The standard InChI is InChI=1S/C16H21F3N4O.2ClH/c1-4-20-7-8-21-14(24)11-5-6-13-12(9-11)22-15(16(17,18)19)23(13)10(2)3;;/h5-6,9-10,20H,4,7-8H2,1-3H3,(H,21,24);2*1H. The van der Waals surface area contributed by atoms with Gasteiger partial charge in [-0.25, -0.2) is 4.98 Å². The summed E-state index contributed by atoms with van der Waals surface area (Å²) in [4.78, 5) is 15.8. The number of carbonyl (C=O) groups excluding carboxylic acids is 1. The number of amides is 1. The van der Waals surface area contributed by atoms with Crippen molar-refractivity contribution in [3.8, 4) is 0 Å².